The highest BCUT2D eigenvalue weighted by Gasteiger charge is 2.43. The van der Waals surface area contributed by atoms with E-state index in [4.69, 9.17) is 15.9 Å². The zero-order chi connectivity index (χ0) is 9.23. The van der Waals surface area contributed by atoms with Gasteiger partial charge in [0.25, 0.3) is 0 Å². The van der Waals surface area contributed by atoms with Crippen LogP contribution in [0.2, 0.25) is 0 Å². The largest absolute Gasteiger partial charge is 0.480 e. The Morgan fingerprint density at radius 3 is 1.91 bits per heavy atom. The lowest BCUT2D eigenvalue weighted by molar-refractivity contribution is -0.145. The number of alkyl halides is 2. The molecule has 0 aromatic heterocycles. The predicted molar refractivity (Wildman–Crippen MR) is 43.8 cm³/mol. The average molecular weight is 291 g/mol. The minimum atomic E-state index is -1.97. The van der Waals surface area contributed by atoms with Crippen LogP contribution in [0.4, 0.5) is 0 Å². The number of halogens is 2. The van der Waals surface area contributed by atoms with Crippen molar-refractivity contribution >= 4 is 43.8 Å². The van der Waals surface area contributed by atoms with E-state index in [1.165, 1.54) is 0 Å². The van der Waals surface area contributed by atoms with Gasteiger partial charge in [0.1, 0.15) is 0 Å². The molecule has 0 aliphatic rings. The van der Waals surface area contributed by atoms with Crippen molar-refractivity contribution in [3.8, 4) is 0 Å². The molecule has 64 valence electrons. The molecule has 0 saturated heterocycles. The molecule has 5 nitrogen and oxygen atoms in total. The van der Waals surface area contributed by atoms with Crippen molar-refractivity contribution in [3.63, 3.8) is 0 Å². The van der Waals surface area contributed by atoms with Gasteiger partial charge in [-0.1, -0.05) is 31.9 Å². The normalized spacial score (nSPS) is 18.5. The van der Waals surface area contributed by atoms with Gasteiger partial charge in [-0.25, -0.2) is 4.79 Å². The Bertz CT molecular complexity index is 193. The van der Waals surface area contributed by atoms with Crippen molar-refractivity contribution in [2.45, 2.75) is 9.28 Å². The van der Waals surface area contributed by atoms with E-state index >= 15 is 0 Å². The molecule has 4 N–H and O–H groups in total. The Labute approximate surface area is 78.8 Å². The highest BCUT2D eigenvalue weighted by Crippen LogP contribution is 2.22. The molecule has 0 saturated carbocycles. The number of hydrogen-bond acceptors (Lipinski definition) is 3. The van der Waals surface area contributed by atoms with Crippen LogP contribution in [0.5, 0.6) is 0 Å². The van der Waals surface area contributed by atoms with Gasteiger partial charge in [0, 0.05) is 0 Å². The SMILES string of the molecule is NC(Br)(C(=O)O)C(Br)C(=O)O. The molecule has 0 radical (unpaired) electrons. The number of aliphatic carboxylic acids is 2. The summed E-state index contributed by atoms with van der Waals surface area (Å²) < 4.78 is -1.97. The van der Waals surface area contributed by atoms with Crippen molar-refractivity contribution < 1.29 is 19.8 Å². The van der Waals surface area contributed by atoms with Gasteiger partial charge >= 0.3 is 11.9 Å². The highest BCUT2D eigenvalue weighted by atomic mass is 79.9. The summed E-state index contributed by atoms with van der Waals surface area (Å²) in [5, 5.41) is 16.7. The molecule has 0 spiro atoms. The van der Waals surface area contributed by atoms with Crippen LogP contribution in [-0.4, -0.2) is 31.4 Å². The van der Waals surface area contributed by atoms with Crippen molar-refractivity contribution in [3.05, 3.63) is 0 Å². The topological polar surface area (TPSA) is 101 Å². The van der Waals surface area contributed by atoms with Gasteiger partial charge in [-0.15, -0.1) is 0 Å². The molecule has 0 aromatic rings. The first-order chi connectivity index (χ1) is 4.80. The van der Waals surface area contributed by atoms with E-state index in [9.17, 15) is 9.59 Å². The fourth-order valence-electron chi connectivity index (χ4n) is 0.288. The third kappa shape index (κ3) is 2.42. The van der Waals surface area contributed by atoms with Crippen molar-refractivity contribution in [1.29, 1.82) is 0 Å². The van der Waals surface area contributed by atoms with Crippen LogP contribution in [0.1, 0.15) is 0 Å². The zero-order valence-electron chi connectivity index (χ0n) is 5.12. The summed E-state index contributed by atoms with van der Waals surface area (Å²) in [6.07, 6.45) is 0. The highest BCUT2D eigenvalue weighted by molar-refractivity contribution is 9.13. The molecule has 0 fully saturated rings. The van der Waals surface area contributed by atoms with Crippen LogP contribution < -0.4 is 5.73 Å². The predicted octanol–water partition coefficient (Wildman–Crippen LogP) is -0.0310. The minimum absolute atomic E-state index is 1.34. The number of hydrogen-bond donors (Lipinski definition) is 3. The van der Waals surface area contributed by atoms with E-state index in [0.717, 1.165) is 0 Å². The summed E-state index contributed by atoms with van der Waals surface area (Å²) in [7, 11) is 0. The van der Waals surface area contributed by atoms with Crippen LogP contribution >= 0.6 is 31.9 Å². The average Bonchev–Trinajstić information content (AvgIpc) is 1.85. The summed E-state index contributed by atoms with van der Waals surface area (Å²) in [6, 6.07) is 0. The van der Waals surface area contributed by atoms with Gasteiger partial charge in [-0.2, -0.15) is 0 Å². The molecular weight excluding hydrogens is 286 g/mol. The lowest BCUT2D eigenvalue weighted by atomic mass is 10.2. The number of carboxylic acids is 2. The standard InChI is InChI=1S/C4H5Br2NO4/c5-1(2(8)9)4(6,7)3(10)11/h1H,7H2,(H,8,9)(H,10,11). The Kier molecular flexibility index (Phi) is 3.46. The fourth-order valence-corrected chi connectivity index (χ4v) is 0.680. The molecule has 0 rings (SSSR count). The summed E-state index contributed by atoms with van der Waals surface area (Å²) >= 11 is 5.17. The quantitative estimate of drug-likeness (QED) is 0.500. The van der Waals surface area contributed by atoms with E-state index in [-0.39, 0.29) is 0 Å². The number of rotatable bonds is 3. The maximum atomic E-state index is 10.3. The van der Waals surface area contributed by atoms with Gasteiger partial charge in [-0.05, 0) is 0 Å². The van der Waals surface area contributed by atoms with Gasteiger partial charge in [-0.3, -0.25) is 4.79 Å². The lowest BCUT2D eigenvalue weighted by Gasteiger charge is -2.19. The van der Waals surface area contributed by atoms with Crippen molar-refractivity contribution in [1.82, 2.24) is 0 Å². The van der Waals surface area contributed by atoms with Crippen LogP contribution in [0.15, 0.2) is 0 Å². The van der Waals surface area contributed by atoms with Crippen molar-refractivity contribution in [2.24, 2.45) is 5.73 Å². The second kappa shape index (κ2) is 3.51. The molecule has 11 heavy (non-hydrogen) atoms. The van der Waals surface area contributed by atoms with Crippen LogP contribution in [-0.2, 0) is 9.59 Å². The zero-order valence-corrected chi connectivity index (χ0v) is 8.29. The first-order valence-electron chi connectivity index (χ1n) is 2.38. The molecular formula is C4H5Br2NO4. The Hall–Kier alpha value is -0.140. The molecule has 0 aliphatic carbocycles. The minimum Gasteiger partial charge on any atom is -0.480 e. The van der Waals surface area contributed by atoms with Crippen LogP contribution in [0, 0.1) is 0 Å². The van der Waals surface area contributed by atoms with Gasteiger partial charge in [0.2, 0.25) is 0 Å². The molecule has 0 heterocycles. The number of carboxylic acid groups (broad SMARTS) is 2. The van der Waals surface area contributed by atoms with Gasteiger partial charge < -0.3 is 15.9 Å². The number of nitrogens with two attached hydrogens (primary N) is 1. The second-order valence-corrected chi connectivity index (χ2v) is 4.00. The summed E-state index contributed by atoms with van der Waals surface area (Å²) in [6.45, 7) is 0. The third-order valence-corrected chi connectivity index (χ3v) is 3.44. The third-order valence-electron chi connectivity index (χ3n) is 0.913. The molecule has 0 aromatic carbocycles. The second-order valence-electron chi connectivity index (χ2n) is 1.77. The molecule has 0 bridgehead atoms. The van der Waals surface area contributed by atoms with Gasteiger partial charge in [0.15, 0.2) is 9.28 Å². The summed E-state index contributed by atoms with van der Waals surface area (Å²) in [4.78, 5) is 19.2. The van der Waals surface area contributed by atoms with E-state index in [0.29, 0.717) is 0 Å². The van der Waals surface area contributed by atoms with Crippen LogP contribution in [0.25, 0.3) is 0 Å². The first kappa shape index (κ1) is 10.9. The van der Waals surface area contributed by atoms with E-state index < -0.39 is 21.2 Å². The Balaban J connectivity index is 4.55. The molecule has 0 aliphatic heterocycles. The van der Waals surface area contributed by atoms with Crippen molar-refractivity contribution in [2.75, 3.05) is 0 Å². The smallest absolute Gasteiger partial charge is 0.336 e. The monoisotopic (exact) mass is 289 g/mol. The fraction of sp³-hybridized carbons (Fsp3) is 0.500. The molecule has 7 heteroatoms. The lowest BCUT2D eigenvalue weighted by Crippen LogP contribution is -2.52. The van der Waals surface area contributed by atoms with Gasteiger partial charge in [0.05, 0.1) is 0 Å². The summed E-state index contributed by atoms with van der Waals surface area (Å²) in [5.74, 6) is -2.78. The van der Waals surface area contributed by atoms with Crippen LogP contribution in [0.3, 0.4) is 0 Å². The Morgan fingerprint density at radius 1 is 1.45 bits per heavy atom. The molecule has 0 amide bonds. The van der Waals surface area contributed by atoms with E-state index in [1.807, 2.05) is 0 Å². The van der Waals surface area contributed by atoms with E-state index in [2.05, 4.69) is 31.9 Å². The maximum absolute atomic E-state index is 10.3. The number of carbonyl (C=O) groups is 2. The molecule has 2 unspecified atom stereocenters. The molecule has 2 atom stereocenters. The first-order valence-corrected chi connectivity index (χ1v) is 4.09. The summed E-state index contributed by atoms with van der Waals surface area (Å²) in [5.41, 5.74) is 5.09. The maximum Gasteiger partial charge on any atom is 0.336 e. The van der Waals surface area contributed by atoms with E-state index in [1.54, 1.807) is 0 Å². The Morgan fingerprint density at radius 2 is 1.82 bits per heavy atom.